The molecular formula is C16H17BrFNO. The highest BCUT2D eigenvalue weighted by Crippen LogP contribution is 2.21. The Labute approximate surface area is 127 Å². The summed E-state index contributed by atoms with van der Waals surface area (Å²) in [6.07, 6.45) is 0.159. The molecule has 0 unspecified atom stereocenters. The average molecular weight is 338 g/mol. The van der Waals surface area contributed by atoms with Crippen LogP contribution in [0, 0.1) is 5.82 Å². The molecule has 0 aliphatic rings. The van der Waals surface area contributed by atoms with Crippen LogP contribution in [0.15, 0.2) is 46.9 Å². The van der Waals surface area contributed by atoms with E-state index in [0.717, 1.165) is 17.0 Å². The van der Waals surface area contributed by atoms with Gasteiger partial charge in [0.1, 0.15) is 11.6 Å². The maximum Gasteiger partial charge on any atom is 0.137 e. The molecule has 0 aromatic heterocycles. The molecule has 2 aromatic rings. The molecule has 2 rings (SSSR count). The van der Waals surface area contributed by atoms with Gasteiger partial charge in [-0.3, -0.25) is 0 Å². The zero-order chi connectivity index (χ0) is 14.5. The van der Waals surface area contributed by atoms with Crippen molar-refractivity contribution in [2.75, 3.05) is 5.32 Å². The molecule has 0 amide bonds. The van der Waals surface area contributed by atoms with Gasteiger partial charge in [0.25, 0.3) is 0 Å². The molecule has 0 saturated carbocycles. The number of rotatable bonds is 5. The Bertz CT molecular complexity index is 586. The SMILES string of the molecule is CC(C)Oc1cccc(CNc2ccc(F)c(Br)c2)c1. The first-order valence-electron chi connectivity index (χ1n) is 6.49. The molecule has 0 fully saturated rings. The second kappa shape index (κ2) is 6.75. The smallest absolute Gasteiger partial charge is 0.137 e. The van der Waals surface area contributed by atoms with E-state index in [4.69, 9.17) is 4.74 Å². The lowest BCUT2D eigenvalue weighted by Crippen LogP contribution is -2.06. The van der Waals surface area contributed by atoms with Gasteiger partial charge in [0.15, 0.2) is 0 Å². The average Bonchev–Trinajstić information content (AvgIpc) is 2.40. The fraction of sp³-hybridized carbons (Fsp3) is 0.250. The molecule has 2 nitrogen and oxygen atoms in total. The summed E-state index contributed by atoms with van der Waals surface area (Å²) in [7, 11) is 0. The Kier molecular flexibility index (Phi) is 5.01. The Balaban J connectivity index is 2.01. The lowest BCUT2D eigenvalue weighted by molar-refractivity contribution is 0.242. The predicted molar refractivity (Wildman–Crippen MR) is 83.6 cm³/mol. The lowest BCUT2D eigenvalue weighted by Gasteiger charge is -2.12. The van der Waals surface area contributed by atoms with Crippen LogP contribution < -0.4 is 10.1 Å². The van der Waals surface area contributed by atoms with Crippen molar-refractivity contribution in [1.29, 1.82) is 0 Å². The van der Waals surface area contributed by atoms with Gasteiger partial charge < -0.3 is 10.1 Å². The summed E-state index contributed by atoms with van der Waals surface area (Å²) >= 11 is 3.18. The second-order valence-electron chi connectivity index (χ2n) is 4.80. The minimum absolute atomic E-state index is 0.159. The van der Waals surface area contributed by atoms with E-state index in [0.29, 0.717) is 11.0 Å². The van der Waals surface area contributed by atoms with E-state index in [9.17, 15) is 4.39 Å². The van der Waals surface area contributed by atoms with Crippen LogP contribution in [0.25, 0.3) is 0 Å². The van der Waals surface area contributed by atoms with Crippen molar-refractivity contribution in [3.05, 3.63) is 58.3 Å². The third-order valence-electron chi connectivity index (χ3n) is 2.69. The highest BCUT2D eigenvalue weighted by atomic mass is 79.9. The molecule has 0 aliphatic heterocycles. The summed E-state index contributed by atoms with van der Waals surface area (Å²) in [6.45, 7) is 4.66. The highest BCUT2D eigenvalue weighted by molar-refractivity contribution is 9.10. The zero-order valence-electron chi connectivity index (χ0n) is 11.5. The molecule has 20 heavy (non-hydrogen) atoms. The molecular weight excluding hydrogens is 321 g/mol. The van der Waals surface area contributed by atoms with Gasteiger partial charge in [-0.25, -0.2) is 4.39 Å². The number of ether oxygens (including phenoxy) is 1. The molecule has 0 bridgehead atoms. The molecule has 0 spiro atoms. The van der Waals surface area contributed by atoms with Gasteiger partial charge in [-0.1, -0.05) is 12.1 Å². The number of hydrogen-bond donors (Lipinski definition) is 1. The van der Waals surface area contributed by atoms with Crippen molar-refractivity contribution in [2.24, 2.45) is 0 Å². The van der Waals surface area contributed by atoms with Crippen molar-refractivity contribution < 1.29 is 9.13 Å². The van der Waals surface area contributed by atoms with Gasteiger partial charge in [-0.05, 0) is 65.7 Å². The number of benzene rings is 2. The molecule has 0 saturated heterocycles. The van der Waals surface area contributed by atoms with E-state index < -0.39 is 0 Å². The number of halogens is 2. The summed E-state index contributed by atoms with van der Waals surface area (Å²) in [5.41, 5.74) is 1.98. The maximum atomic E-state index is 13.1. The molecule has 0 atom stereocenters. The van der Waals surface area contributed by atoms with E-state index in [1.165, 1.54) is 6.07 Å². The van der Waals surface area contributed by atoms with Crippen LogP contribution in [0.3, 0.4) is 0 Å². The number of hydrogen-bond acceptors (Lipinski definition) is 2. The van der Waals surface area contributed by atoms with Gasteiger partial charge >= 0.3 is 0 Å². The van der Waals surface area contributed by atoms with Gasteiger partial charge in [-0.15, -0.1) is 0 Å². The standard InChI is InChI=1S/C16H17BrFNO/c1-11(2)20-14-5-3-4-12(8-14)10-19-13-6-7-16(18)15(17)9-13/h3-9,11,19H,10H2,1-2H3. The van der Waals surface area contributed by atoms with Crippen LogP contribution >= 0.6 is 15.9 Å². The minimum Gasteiger partial charge on any atom is -0.491 e. The molecule has 1 N–H and O–H groups in total. The normalized spacial score (nSPS) is 10.7. The Morgan fingerprint density at radius 2 is 2.00 bits per heavy atom. The molecule has 0 aliphatic carbocycles. The van der Waals surface area contributed by atoms with Crippen molar-refractivity contribution in [3.63, 3.8) is 0 Å². The van der Waals surface area contributed by atoms with Gasteiger partial charge in [-0.2, -0.15) is 0 Å². The van der Waals surface area contributed by atoms with E-state index in [1.54, 1.807) is 12.1 Å². The van der Waals surface area contributed by atoms with Gasteiger partial charge in [0.2, 0.25) is 0 Å². The number of anilines is 1. The van der Waals surface area contributed by atoms with Crippen molar-refractivity contribution in [3.8, 4) is 5.75 Å². The molecule has 0 heterocycles. The summed E-state index contributed by atoms with van der Waals surface area (Å²) in [4.78, 5) is 0. The number of nitrogens with one attached hydrogen (secondary N) is 1. The van der Waals surface area contributed by atoms with Crippen LogP contribution in [0.4, 0.5) is 10.1 Å². The van der Waals surface area contributed by atoms with Crippen LogP contribution in [0.1, 0.15) is 19.4 Å². The van der Waals surface area contributed by atoms with E-state index >= 15 is 0 Å². The van der Waals surface area contributed by atoms with Crippen LogP contribution in [0.2, 0.25) is 0 Å². The molecule has 4 heteroatoms. The van der Waals surface area contributed by atoms with Crippen molar-refractivity contribution in [2.45, 2.75) is 26.5 Å². The van der Waals surface area contributed by atoms with Crippen LogP contribution in [0.5, 0.6) is 5.75 Å². The third-order valence-corrected chi connectivity index (χ3v) is 3.29. The van der Waals surface area contributed by atoms with Gasteiger partial charge in [0.05, 0.1) is 10.6 Å². The summed E-state index contributed by atoms with van der Waals surface area (Å²) in [6, 6.07) is 12.8. The topological polar surface area (TPSA) is 21.3 Å². The second-order valence-corrected chi connectivity index (χ2v) is 5.65. The minimum atomic E-state index is -0.261. The largest absolute Gasteiger partial charge is 0.491 e. The van der Waals surface area contributed by atoms with E-state index in [-0.39, 0.29) is 11.9 Å². The zero-order valence-corrected chi connectivity index (χ0v) is 13.1. The Hall–Kier alpha value is -1.55. The Morgan fingerprint density at radius 1 is 1.20 bits per heavy atom. The molecule has 2 aromatic carbocycles. The predicted octanol–water partition coefficient (Wildman–Crippen LogP) is 4.99. The summed E-state index contributed by atoms with van der Waals surface area (Å²) < 4.78 is 19.3. The summed E-state index contributed by atoms with van der Waals surface area (Å²) in [5.74, 6) is 0.600. The first-order chi connectivity index (χ1) is 9.54. The van der Waals surface area contributed by atoms with E-state index in [2.05, 4.69) is 21.2 Å². The molecule has 0 radical (unpaired) electrons. The fourth-order valence-electron chi connectivity index (χ4n) is 1.81. The molecule has 106 valence electrons. The third kappa shape index (κ3) is 4.23. The quantitative estimate of drug-likeness (QED) is 0.829. The fourth-order valence-corrected chi connectivity index (χ4v) is 2.19. The first kappa shape index (κ1) is 14.9. The van der Waals surface area contributed by atoms with Crippen LogP contribution in [-0.4, -0.2) is 6.10 Å². The lowest BCUT2D eigenvalue weighted by atomic mass is 10.2. The Morgan fingerprint density at radius 3 is 2.70 bits per heavy atom. The van der Waals surface area contributed by atoms with Crippen molar-refractivity contribution in [1.82, 2.24) is 0 Å². The first-order valence-corrected chi connectivity index (χ1v) is 7.28. The monoisotopic (exact) mass is 337 g/mol. The van der Waals surface area contributed by atoms with Crippen molar-refractivity contribution >= 4 is 21.6 Å². The highest BCUT2D eigenvalue weighted by Gasteiger charge is 2.02. The summed E-state index contributed by atoms with van der Waals surface area (Å²) in [5, 5.41) is 3.26. The van der Waals surface area contributed by atoms with Crippen LogP contribution in [-0.2, 0) is 6.54 Å². The van der Waals surface area contributed by atoms with E-state index in [1.807, 2.05) is 38.1 Å². The van der Waals surface area contributed by atoms with Gasteiger partial charge in [0, 0.05) is 12.2 Å². The maximum absolute atomic E-state index is 13.1.